The van der Waals surface area contributed by atoms with E-state index in [9.17, 15) is 19.8 Å². The Balaban J connectivity index is 3.32. The summed E-state index contributed by atoms with van der Waals surface area (Å²) >= 11 is 0. The molecule has 0 spiro atoms. The van der Waals surface area contributed by atoms with Crippen LogP contribution >= 0.6 is 0 Å². The smallest absolute Gasteiger partial charge is 0.305 e. The van der Waals surface area contributed by atoms with Gasteiger partial charge in [-0.1, -0.05) is 334 Å². The largest absolute Gasteiger partial charge is 0.466 e. The van der Waals surface area contributed by atoms with Crippen molar-refractivity contribution in [2.45, 2.75) is 398 Å². The van der Waals surface area contributed by atoms with Crippen LogP contribution in [0.4, 0.5) is 0 Å². The molecule has 0 aliphatic carbocycles. The zero-order chi connectivity index (χ0) is 53.6. The average molecular weight is 1040 g/mol. The molecule has 0 rings (SSSR count). The van der Waals surface area contributed by atoms with Gasteiger partial charge < -0.3 is 20.3 Å². The summed E-state index contributed by atoms with van der Waals surface area (Å²) < 4.78 is 5.51. The minimum atomic E-state index is -0.661. The topological polar surface area (TPSA) is 95.9 Å². The van der Waals surface area contributed by atoms with E-state index in [1.54, 1.807) is 0 Å². The van der Waals surface area contributed by atoms with Crippen LogP contribution in [0, 0.1) is 0 Å². The highest BCUT2D eigenvalue weighted by Crippen LogP contribution is 2.19. The first-order chi connectivity index (χ1) is 36.5. The molecule has 0 radical (unpaired) electrons. The number of unbranched alkanes of at least 4 members (excludes halogenated alkanes) is 51. The summed E-state index contributed by atoms with van der Waals surface area (Å²) in [7, 11) is 0. The fourth-order valence-electron chi connectivity index (χ4n) is 10.9. The number of esters is 1. The first-order valence-corrected chi connectivity index (χ1v) is 33.9. The first kappa shape index (κ1) is 72.6. The van der Waals surface area contributed by atoms with Crippen molar-refractivity contribution in [2.75, 3.05) is 13.2 Å². The molecule has 0 aromatic rings. The van der Waals surface area contributed by atoms with Crippen molar-refractivity contribution in [1.29, 1.82) is 0 Å². The van der Waals surface area contributed by atoms with Gasteiger partial charge in [-0.05, 0) is 51.4 Å². The van der Waals surface area contributed by atoms with Crippen LogP contribution in [0.5, 0.6) is 0 Å². The summed E-state index contributed by atoms with van der Waals surface area (Å²) in [6.45, 7) is 4.97. The zero-order valence-corrected chi connectivity index (χ0v) is 50.4. The number of amides is 1. The molecule has 0 bridgehead atoms. The molecule has 2 unspecified atom stereocenters. The normalized spacial score (nSPS) is 12.5. The number of nitrogens with one attached hydrogen (secondary N) is 1. The van der Waals surface area contributed by atoms with Crippen LogP contribution in [0.3, 0.4) is 0 Å². The lowest BCUT2D eigenvalue weighted by atomic mass is 10.0. The summed E-state index contributed by atoms with van der Waals surface area (Å²) in [4.78, 5) is 24.5. The fraction of sp³-hybridized carbons (Fsp3) is 0.941. The van der Waals surface area contributed by atoms with E-state index in [4.69, 9.17) is 4.74 Å². The molecule has 6 nitrogen and oxygen atoms in total. The van der Waals surface area contributed by atoms with Crippen LogP contribution in [0.2, 0.25) is 0 Å². The van der Waals surface area contributed by atoms with Gasteiger partial charge in [0.1, 0.15) is 0 Å². The van der Waals surface area contributed by atoms with E-state index >= 15 is 0 Å². The molecule has 0 aromatic heterocycles. The van der Waals surface area contributed by atoms with Gasteiger partial charge in [-0.25, -0.2) is 0 Å². The second-order valence-corrected chi connectivity index (χ2v) is 23.5. The highest BCUT2D eigenvalue weighted by molar-refractivity contribution is 5.76. The molecule has 74 heavy (non-hydrogen) atoms. The lowest BCUT2D eigenvalue weighted by molar-refractivity contribution is -0.143. The third kappa shape index (κ3) is 59.8. The van der Waals surface area contributed by atoms with Gasteiger partial charge in [0.05, 0.1) is 25.4 Å². The molecule has 0 aliphatic rings. The lowest BCUT2D eigenvalue weighted by Gasteiger charge is -2.22. The minimum Gasteiger partial charge on any atom is -0.466 e. The van der Waals surface area contributed by atoms with Gasteiger partial charge in [0.2, 0.25) is 5.91 Å². The van der Waals surface area contributed by atoms with Gasteiger partial charge >= 0.3 is 5.97 Å². The molecule has 0 aromatic carbocycles. The predicted octanol–water partition coefficient (Wildman–Crippen LogP) is 21.6. The Hall–Kier alpha value is -1.40. The van der Waals surface area contributed by atoms with E-state index in [2.05, 4.69) is 31.3 Å². The van der Waals surface area contributed by atoms with Gasteiger partial charge in [-0.2, -0.15) is 0 Å². The average Bonchev–Trinajstić information content (AvgIpc) is 3.40. The van der Waals surface area contributed by atoms with Crippen molar-refractivity contribution in [3.63, 3.8) is 0 Å². The van der Waals surface area contributed by atoms with Crippen molar-refractivity contribution in [3.05, 3.63) is 12.2 Å². The monoisotopic (exact) mass is 1040 g/mol. The molecule has 0 heterocycles. The van der Waals surface area contributed by atoms with Crippen molar-refractivity contribution in [2.24, 2.45) is 0 Å². The maximum atomic E-state index is 12.4. The summed E-state index contributed by atoms with van der Waals surface area (Å²) in [5.41, 5.74) is 0. The van der Waals surface area contributed by atoms with E-state index in [0.29, 0.717) is 25.9 Å². The maximum absolute atomic E-state index is 12.4. The quantitative estimate of drug-likeness (QED) is 0.0320. The molecule has 0 saturated carbocycles. The summed E-state index contributed by atoms with van der Waals surface area (Å²) in [5, 5.41) is 23.2. The third-order valence-electron chi connectivity index (χ3n) is 16.1. The molecule has 0 aliphatic heterocycles. The Morgan fingerprint density at radius 2 is 0.635 bits per heavy atom. The van der Waals surface area contributed by atoms with Crippen molar-refractivity contribution in [1.82, 2.24) is 5.32 Å². The Morgan fingerprint density at radius 1 is 0.365 bits per heavy atom. The standard InChI is InChI=1S/C68H133NO5/c1-3-5-7-9-11-13-15-16-17-18-33-36-39-42-46-50-54-58-62-68(73)74-63-59-55-51-47-43-40-37-34-31-29-27-25-23-21-19-20-22-24-26-28-30-32-35-38-41-45-49-53-57-61-67(72)69-65(64-70)66(71)60-56-52-48-44-14-12-10-8-6-4-2/h19,21,65-66,70-71H,3-18,20,22-64H2,1-2H3,(H,69,72)/b21-19-. The molecule has 2 atom stereocenters. The molecular formula is C68H133NO5. The van der Waals surface area contributed by atoms with E-state index in [0.717, 1.165) is 38.5 Å². The molecule has 1 amide bonds. The SMILES string of the molecule is CCCCCCCCCCCCCCCCCCCCC(=O)OCCCCCCCCCCCCCC/C=C\CCCCCCCCCCCCCCCC(=O)NC(CO)C(O)CCCCCCCCCCCC. The Labute approximate surface area is 463 Å². The number of carbonyl (C=O) groups excluding carboxylic acids is 2. The number of aliphatic hydroxyl groups excluding tert-OH is 2. The number of rotatable bonds is 64. The van der Waals surface area contributed by atoms with Crippen LogP contribution in [-0.2, 0) is 14.3 Å². The number of carbonyl (C=O) groups is 2. The predicted molar refractivity (Wildman–Crippen MR) is 324 cm³/mol. The number of hydrogen-bond acceptors (Lipinski definition) is 5. The molecule has 0 saturated heterocycles. The molecule has 0 fully saturated rings. The Bertz CT molecular complexity index is 1110. The summed E-state index contributed by atoms with van der Waals surface area (Å²) in [5.74, 6) is -0.0123. The number of ether oxygens (including phenoxy) is 1. The van der Waals surface area contributed by atoms with E-state index in [-0.39, 0.29) is 18.5 Å². The molecule has 440 valence electrons. The second-order valence-electron chi connectivity index (χ2n) is 23.5. The first-order valence-electron chi connectivity index (χ1n) is 33.9. The molecule has 3 N–H and O–H groups in total. The van der Waals surface area contributed by atoms with Crippen molar-refractivity contribution >= 4 is 11.9 Å². The zero-order valence-electron chi connectivity index (χ0n) is 50.4. The number of hydrogen-bond donors (Lipinski definition) is 3. The van der Waals surface area contributed by atoms with Gasteiger partial charge in [0.25, 0.3) is 0 Å². The van der Waals surface area contributed by atoms with Crippen LogP contribution in [-0.4, -0.2) is 47.4 Å². The van der Waals surface area contributed by atoms with Gasteiger partial charge in [0, 0.05) is 12.8 Å². The Morgan fingerprint density at radius 3 is 0.959 bits per heavy atom. The molecular weight excluding hydrogens is 911 g/mol. The van der Waals surface area contributed by atoms with Crippen molar-refractivity contribution in [3.8, 4) is 0 Å². The second kappa shape index (κ2) is 64.1. The minimum absolute atomic E-state index is 0.0216. The van der Waals surface area contributed by atoms with Crippen LogP contribution in [0.25, 0.3) is 0 Å². The highest BCUT2D eigenvalue weighted by atomic mass is 16.5. The number of allylic oxidation sites excluding steroid dienone is 2. The van der Waals surface area contributed by atoms with E-state index in [1.165, 1.54) is 315 Å². The van der Waals surface area contributed by atoms with Gasteiger partial charge in [-0.15, -0.1) is 0 Å². The lowest BCUT2D eigenvalue weighted by Crippen LogP contribution is -2.45. The number of aliphatic hydroxyl groups is 2. The highest BCUT2D eigenvalue weighted by Gasteiger charge is 2.20. The molecule has 6 heteroatoms. The van der Waals surface area contributed by atoms with Crippen LogP contribution in [0.1, 0.15) is 386 Å². The van der Waals surface area contributed by atoms with E-state index in [1.807, 2.05) is 0 Å². The third-order valence-corrected chi connectivity index (χ3v) is 16.1. The Kier molecular flexibility index (Phi) is 62.9. The van der Waals surface area contributed by atoms with Gasteiger partial charge in [0.15, 0.2) is 0 Å². The van der Waals surface area contributed by atoms with Crippen LogP contribution < -0.4 is 5.32 Å². The van der Waals surface area contributed by atoms with Crippen LogP contribution in [0.15, 0.2) is 12.2 Å². The summed E-state index contributed by atoms with van der Waals surface area (Å²) in [6, 6.07) is -0.538. The van der Waals surface area contributed by atoms with Gasteiger partial charge in [-0.3, -0.25) is 9.59 Å². The summed E-state index contributed by atoms with van der Waals surface area (Å²) in [6.07, 6.45) is 78.4. The van der Waals surface area contributed by atoms with E-state index < -0.39 is 12.1 Å². The fourth-order valence-corrected chi connectivity index (χ4v) is 10.9. The maximum Gasteiger partial charge on any atom is 0.305 e. The van der Waals surface area contributed by atoms with Crippen molar-refractivity contribution < 1.29 is 24.5 Å².